The van der Waals surface area contributed by atoms with E-state index in [1.54, 1.807) is 18.2 Å². The summed E-state index contributed by atoms with van der Waals surface area (Å²) in [4.78, 5) is 69.6. The van der Waals surface area contributed by atoms with E-state index in [2.05, 4.69) is 26.9 Å². The maximum Gasteiger partial charge on any atom is 0.336 e. The Morgan fingerprint density at radius 1 is 0.821 bits per heavy atom. The number of aryl methyl sites for hydroxylation is 2. The largest absolute Gasteiger partial charge is 0.478 e. The third kappa shape index (κ3) is 6.63. The first kappa shape index (κ1) is 36.8. The van der Waals surface area contributed by atoms with E-state index in [9.17, 15) is 29.1 Å². The van der Waals surface area contributed by atoms with Gasteiger partial charge in [0.25, 0.3) is 17.7 Å². The van der Waals surface area contributed by atoms with E-state index in [0.29, 0.717) is 34.2 Å². The van der Waals surface area contributed by atoms with Gasteiger partial charge in [0.05, 0.1) is 17.5 Å². The lowest BCUT2D eigenvalue weighted by Gasteiger charge is -2.39. The van der Waals surface area contributed by atoms with Crippen LogP contribution < -0.4 is 30.1 Å². The quantitative estimate of drug-likeness (QED) is 0.0987. The number of amides is 3. The zero-order chi connectivity index (χ0) is 38.5. The van der Waals surface area contributed by atoms with Gasteiger partial charge in [0.2, 0.25) is 5.36 Å². The fraction of sp³-hybridized carbons (Fsp3) is 0.429. The van der Waals surface area contributed by atoms with Crippen LogP contribution in [0.1, 0.15) is 99.0 Å². The van der Waals surface area contributed by atoms with Gasteiger partial charge in [-0.05, 0) is 80.0 Å². The van der Waals surface area contributed by atoms with Gasteiger partial charge >= 0.3 is 11.9 Å². The van der Waals surface area contributed by atoms with Crippen molar-refractivity contribution in [1.82, 2.24) is 15.0 Å². The summed E-state index contributed by atoms with van der Waals surface area (Å²) in [6, 6.07) is 9.34. The van der Waals surface area contributed by atoms with E-state index in [0.717, 1.165) is 105 Å². The number of hydroxylamine groups is 2. The van der Waals surface area contributed by atoms with Gasteiger partial charge in [-0.3, -0.25) is 14.4 Å². The molecule has 0 unspecified atom stereocenters. The lowest BCUT2D eigenvalue weighted by Crippen LogP contribution is -2.45. The van der Waals surface area contributed by atoms with E-state index < -0.39 is 23.8 Å². The summed E-state index contributed by atoms with van der Waals surface area (Å²) in [5.74, 6) is -0.408. The van der Waals surface area contributed by atoms with Crippen LogP contribution in [0.2, 0.25) is 0 Å². The van der Waals surface area contributed by atoms with Crippen molar-refractivity contribution in [3.8, 4) is 11.5 Å². The fourth-order valence-electron chi connectivity index (χ4n) is 9.24. The van der Waals surface area contributed by atoms with E-state index in [1.165, 1.54) is 54.9 Å². The Labute approximate surface area is 331 Å². The van der Waals surface area contributed by atoms with Crippen LogP contribution in [-0.2, 0) is 44.9 Å². The van der Waals surface area contributed by atoms with Crippen LogP contribution in [0.5, 0.6) is 11.5 Å². The fourth-order valence-corrected chi connectivity index (χ4v) is 11.1. The van der Waals surface area contributed by atoms with E-state index in [1.807, 2.05) is 0 Å². The number of ether oxygens (including phenoxy) is 1. The number of hydrogen-bond acceptors (Lipinski definition) is 10. The monoisotopic (exact) mass is 795 g/mol. The van der Waals surface area contributed by atoms with E-state index in [-0.39, 0.29) is 30.7 Å². The highest BCUT2D eigenvalue weighted by Crippen LogP contribution is 2.49. The normalized spacial score (nSPS) is 17.8. The van der Waals surface area contributed by atoms with Gasteiger partial charge in [0.1, 0.15) is 24.6 Å². The minimum atomic E-state index is -1.05. The molecule has 56 heavy (non-hydrogen) atoms. The van der Waals surface area contributed by atoms with E-state index in [4.69, 9.17) is 9.57 Å². The highest BCUT2D eigenvalue weighted by molar-refractivity contribution is 8.76. The maximum absolute atomic E-state index is 13.7. The number of carbonyl (C=O) groups is 5. The number of anilines is 1. The van der Waals surface area contributed by atoms with Gasteiger partial charge in [-0.15, -0.1) is 5.06 Å². The molecule has 14 heteroatoms. The average molecular weight is 796 g/mol. The predicted octanol–water partition coefficient (Wildman–Crippen LogP) is 3.93. The number of hydrogen-bond donors (Lipinski definition) is 2. The van der Waals surface area contributed by atoms with Crippen molar-refractivity contribution in [3.05, 3.63) is 85.4 Å². The average Bonchev–Trinajstić information content (AvgIpc) is 3.52. The number of nitrogens with zero attached hydrogens (tertiary/aromatic N) is 3. The highest BCUT2D eigenvalue weighted by atomic mass is 33.1. The van der Waals surface area contributed by atoms with Gasteiger partial charge in [0, 0.05) is 95.6 Å². The van der Waals surface area contributed by atoms with Gasteiger partial charge in [-0.1, -0.05) is 21.6 Å². The summed E-state index contributed by atoms with van der Waals surface area (Å²) >= 11 is 0. The summed E-state index contributed by atoms with van der Waals surface area (Å²) in [7, 11) is 2.90. The van der Waals surface area contributed by atoms with Gasteiger partial charge < -0.3 is 24.9 Å². The molecule has 0 bridgehead atoms. The van der Waals surface area contributed by atoms with Crippen LogP contribution in [0.4, 0.5) is 5.69 Å². The number of carboxylic acids is 1. The molecule has 0 aliphatic carbocycles. The SMILES string of the molecule is O=C(CCSSCCNC(=O)c1ccc(C(=O)O)c(C2=c3cc4c5c(c3Oc3c2cc2c6c3CCCN6CCC2)CCC[N+]=5CCC4)c1)ON1C(=O)CCC1=O. The Morgan fingerprint density at radius 2 is 1.55 bits per heavy atom. The molecule has 0 radical (unpaired) electrons. The Morgan fingerprint density at radius 3 is 2.36 bits per heavy atom. The number of carboxylic acid groups (broad SMARTS) is 1. The number of carbonyl (C=O) groups excluding carboxylic acids is 4. The molecule has 290 valence electrons. The molecule has 9 rings (SSSR count). The first-order valence-corrected chi connectivity index (χ1v) is 22.2. The molecule has 6 heterocycles. The summed E-state index contributed by atoms with van der Waals surface area (Å²) in [5, 5.41) is 16.4. The summed E-state index contributed by atoms with van der Waals surface area (Å²) in [6.07, 6.45) is 8.00. The molecular weight excluding hydrogens is 753 g/mol. The minimum absolute atomic E-state index is 0.0288. The van der Waals surface area contributed by atoms with Gasteiger partial charge in [0.15, 0.2) is 0 Å². The van der Waals surface area contributed by atoms with Crippen molar-refractivity contribution in [2.24, 2.45) is 0 Å². The highest BCUT2D eigenvalue weighted by Gasteiger charge is 2.37. The van der Waals surface area contributed by atoms with Crippen LogP contribution in [0.3, 0.4) is 0 Å². The number of imide groups is 1. The molecule has 0 aromatic heterocycles. The van der Waals surface area contributed by atoms with Crippen molar-refractivity contribution in [2.75, 3.05) is 49.1 Å². The van der Waals surface area contributed by atoms with Crippen molar-refractivity contribution in [1.29, 1.82) is 0 Å². The van der Waals surface area contributed by atoms with Crippen molar-refractivity contribution in [3.63, 3.8) is 0 Å². The molecule has 3 aromatic rings. The Kier molecular flexibility index (Phi) is 10.0. The molecule has 2 N–H and O–H groups in total. The van der Waals surface area contributed by atoms with Crippen LogP contribution >= 0.6 is 21.6 Å². The van der Waals surface area contributed by atoms with Gasteiger partial charge in [-0.25, -0.2) is 14.2 Å². The molecule has 0 spiro atoms. The van der Waals surface area contributed by atoms with Crippen molar-refractivity contribution in [2.45, 2.75) is 70.6 Å². The molecule has 0 atom stereocenters. The minimum Gasteiger partial charge on any atom is -0.478 e. The molecule has 6 aliphatic heterocycles. The Balaban J connectivity index is 1.02. The Bertz CT molecular complexity index is 2340. The smallest absolute Gasteiger partial charge is 0.336 e. The predicted molar refractivity (Wildman–Crippen MR) is 213 cm³/mol. The lowest BCUT2D eigenvalue weighted by molar-refractivity contribution is -0.197. The second-order valence-corrected chi connectivity index (χ2v) is 17.8. The molecular formula is C42H43N4O8S2+. The first-order valence-electron chi connectivity index (χ1n) is 19.7. The third-order valence-electron chi connectivity index (χ3n) is 11.6. The van der Waals surface area contributed by atoms with Crippen molar-refractivity contribution >= 4 is 62.5 Å². The standard InChI is InChI=1S/C42H42N4O8S2/c47-33-11-12-34(48)46(33)54-35(49)13-19-55-56-20-14-43-41(50)26-9-10-27(42(51)52)30(23-26)36-31-21-24-5-1-15-44-17-3-7-28(37(24)44)39(31)53-40-29-8-4-18-45-16-2-6-25(38(29)45)22-32(36)40/h9-10,21-23H,1-8,11-20H2,(H-,43,50,51,52)/p+1. The van der Waals surface area contributed by atoms with Crippen molar-refractivity contribution < 1.29 is 38.7 Å². The molecule has 12 nitrogen and oxygen atoms in total. The first-order chi connectivity index (χ1) is 27.3. The second kappa shape index (κ2) is 15.3. The van der Waals surface area contributed by atoms with E-state index >= 15 is 0 Å². The third-order valence-corrected chi connectivity index (χ3v) is 14.0. The Hall–Kier alpha value is -4.82. The molecule has 0 saturated carbocycles. The van der Waals surface area contributed by atoms with Crippen LogP contribution in [0.25, 0.3) is 5.57 Å². The van der Waals surface area contributed by atoms with Gasteiger partial charge in [-0.2, -0.15) is 0 Å². The summed E-state index contributed by atoms with van der Waals surface area (Å²) in [6.45, 7) is 4.45. The zero-order valence-corrected chi connectivity index (χ0v) is 32.7. The number of aromatic carboxylic acids is 1. The molecule has 6 aliphatic rings. The molecule has 1 saturated heterocycles. The maximum atomic E-state index is 13.7. The zero-order valence-electron chi connectivity index (χ0n) is 31.1. The molecule has 3 aromatic carbocycles. The molecule has 1 fully saturated rings. The topological polar surface area (TPSA) is 146 Å². The molecule has 3 amide bonds. The summed E-state index contributed by atoms with van der Waals surface area (Å²) in [5.41, 5.74) is 8.99. The van der Waals surface area contributed by atoms with Crippen LogP contribution in [0.15, 0.2) is 30.3 Å². The number of benzene rings is 3. The van der Waals surface area contributed by atoms with Crippen LogP contribution in [0, 0.1) is 0 Å². The number of fused-ring (bicyclic) bond motifs is 4. The number of nitrogens with one attached hydrogen (secondary N) is 1. The number of rotatable bonds is 11. The van der Waals surface area contributed by atoms with Crippen LogP contribution in [-0.4, -0.2) is 84.1 Å². The second-order valence-electron chi connectivity index (χ2n) is 15.1. The summed E-state index contributed by atoms with van der Waals surface area (Å²) < 4.78 is 9.63. The lowest BCUT2D eigenvalue weighted by atomic mass is 9.81.